The van der Waals surface area contributed by atoms with Gasteiger partial charge in [-0.3, -0.25) is 4.79 Å². The van der Waals surface area contributed by atoms with Crippen LogP contribution in [0.5, 0.6) is 0 Å². The van der Waals surface area contributed by atoms with Crippen molar-refractivity contribution in [1.29, 1.82) is 0 Å². The lowest BCUT2D eigenvalue weighted by molar-refractivity contribution is 0.659. The van der Waals surface area contributed by atoms with Crippen molar-refractivity contribution in [3.8, 4) is 0 Å². The number of nitrogen functional groups attached to an aromatic ring is 1. The lowest BCUT2D eigenvalue weighted by Crippen LogP contribution is -2.19. The molecule has 2 rings (SSSR count). The lowest BCUT2D eigenvalue weighted by Gasteiger charge is -2.06. The first-order valence-electron chi connectivity index (χ1n) is 6.45. The largest absolute Gasteiger partial charge is 0.398 e. The van der Waals surface area contributed by atoms with E-state index >= 15 is 0 Å². The molecule has 2 N–H and O–H groups in total. The van der Waals surface area contributed by atoms with Crippen LogP contribution in [0.4, 0.5) is 5.69 Å². The van der Waals surface area contributed by atoms with Gasteiger partial charge in [-0.25, -0.2) is 9.97 Å². The fourth-order valence-corrected chi connectivity index (χ4v) is 2.75. The van der Waals surface area contributed by atoms with Crippen molar-refractivity contribution in [1.82, 2.24) is 14.5 Å². The van der Waals surface area contributed by atoms with Crippen molar-refractivity contribution < 1.29 is 0 Å². The quantitative estimate of drug-likeness (QED) is 0.518. The average molecular weight is 290 g/mol. The van der Waals surface area contributed by atoms with Gasteiger partial charge in [0.15, 0.2) is 5.16 Å². The van der Waals surface area contributed by atoms with Gasteiger partial charge in [-0.15, -0.1) is 0 Å². The van der Waals surface area contributed by atoms with Gasteiger partial charge in [0.05, 0.1) is 0 Å². The molecule has 0 amide bonds. The van der Waals surface area contributed by atoms with Crippen molar-refractivity contribution in [2.24, 2.45) is 0 Å². The highest BCUT2D eigenvalue weighted by atomic mass is 32.2. The van der Waals surface area contributed by atoms with Gasteiger partial charge in [-0.05, 0) is 32.4 Å². The molecule has 0 bridgehead atoms. The van der Waals surface area contributed by atoms with Crippen LogP contribution in [0.2, 0.25) is 0 Å². The molecule has 0 aliphatic rings. The van der Waals surface area contributed by atoms with E-state index in [1.54, 1.807) is 28.6 Å². The second kappa shape index (κ2) is 6.56. The summed E-state index contributed by atoms with van der Waals surface area (Å²) in [5.41, 5.74) is 8.21. The molecule has 0 saturated heterocycles. The van der Waals surface area contributed by atoms with Crippen molar-refractivity contribution in [2.45, 2.75) is 32.0 Å². The minimum absolute atomic E-state index is 0.0214. The van der Waals surface area contributed by atoms with Crippen LogP contribution in [-0.4, -0.2) is 20.3 Å². The Morgan fingerprint density at radius 3 is 2.65 bits per heavy atom. The topological polar surface area (TPSA) is 73.8 Å². The van der Waals surface area contributed by atoms with Gasteiger partial charge >= 0.3 is 0 Å². The van der Waals surface area contributed by atoms with Crippen molar-refractivity contribution in [3.05, 3.63) is 46.1 Å². The van der Waals surface area contributed by atoms with E-state index in [-0.39, 0.29) is 5.56 Å². The third-order valence-corrected chi connectivity index (χ3v) is 3.68. The molecule has 6 heteroatoms. The van der Waals surface area contributed by atoms with E-state index in [1.165, 1.54) is 6.07 Å². The van der Waals surface area contributed by atoms with Crippen LogP contribution in [0.1, 0.15) is 17.8 Å². The molecule has 0 aliphatic heterocycles. The van der Waals surface area contributed by atoms with Gasteiger partial charge in [-0.2, -0.15) is 0 Å². The Morgan fingerprint density at radius 1 is 1.25 bits per heavy atom. The third-order valence-electron chi connectivity index (χ3n) is 2.74. The van der Waals surface area contributed by atoms with Crippen molar-refractivity contribution in [2.75, 3.05) is 11.5 Å². The molecule has 2 heterocycles. The van der Waals surface area contributed by atoms with Crippen LogP contribution in [0.3, 0.4) is 0 Å². The van der Waals surface area contributed by atoms with E-state index in [0.29, 0.717) is 12.2 Å². The smallest absolute Gasteiger partial charge is 0.250 e. The predicted molar refractivity (Wildman–Crippen MR) is 82.0 cm³/mol. The Morgan fingerprint density at radius 2 is 1.95 bits per heavy atom. The van der Waals surface area contributed by atoms with E-state index in [4.69, 9.17) is 5.73 Å². The van der Waals surface area contributed by atoms with Gasteiger partial charge in [0.2, 0.25) is 0 Å². The summed E-state index contributed by atoms with van der Waals surface area (Å²) >= 11 is 1.61. The Labute approximate surface area is 122 Å². The van der Waals surface area contributed by atoms with E-state index < -0.39 is 0 Å². The van der Waals surface area contributed by atoms with E-state index in [0.717, 1.165) is 28.7 Å². The molecule has 0 radical (unpaired) electrons. The number of rotatable bonds is 5. The summed E-state index contributed by atoms with van der Waals surface area (Å²) in [6.07, 6.45) is 2.55. The first-order valence-corrected chi connectivity index (χ1v) is 7.44. The second-order valence-electron chi connectivity index (χ2n) is 4.63. The number of nitrogens with two attached hydrogens (primary N) is 1. The number of nitrogens with zero attached hydrogens (tertiary/aromatic N) is 3. The summed E-state index contributed by atoms with van der Waals surface area (Å²) in [6, 6.07) is 5.07. The van der Waals surface area contributed by atoms with Crippen molar-refractivity contribution in [3.63, 3.8) is 0 Å². The SMILES string of the molecule is Cc1cc(C)nc(SCCCn2cc(N)ccc2=O)n1. The third kappa shape index (κ3) is 4.09. The molecule has 0 unspecified atom stereocenters. The summed E-state index contributed by atoms with van der Waals surface area (Å²) in [7, 11) is 0. The zero-order chi connectivity index (χ0) is 14.5. The molecule has 0 spiro atoms. The molecule has 0 saturated carbocycles. The molecular formula is C14H18N4OS. The number of anilines is 1. The first-order chi connectivity index (χ1) is 9.54. The Balaban J connectivity index is 1.87. The summed E-state index contributed by atoms with van der Waals surface area (Å²) in [5.74, 6) is 0.865. The summed E-state index contributed by atoms with van der Waals surface area (Å²) < 4.78 is 1.64. The van der Waals surface area contributed by atoms with Crippen LogP contribution in [0.25, 0.3) is 0 Å². The Kier molecular flexibility index (Phi) is 4.79. The normalized spacial score (nSPS) is 10.7. The number of pyridine rings is 1. The monoisotopic (exact) mass is 290 g/mol. The molecule has 0 aliphatic carbocycles. The standard InChI is InChI=1S/C14H18N4OS/c1-10-8-11(2)17-14(16-10)20-7-3-6-18-9-12(15)4-5-13(18)19/h4-5,8-9H,3,6-7,15H2,1-2H3. The van der Waals surface area contributed by atoms with Gasteiger partial charge in [-0.1, -0.05) is 11.8 Å². The maximum atomic E-state index is 11.6. The van der Waals surface area contributed by atoms with Crippen LogP contribution in [0, 0.1) is 13.8 Å². The molecule has 0 aromatic carbocycles. The maximum absolute atomic E-state index is 11.6. The second-order valence-corrected chi connectivity index (χ2v) is 5.69. The van der Waals surface area contributed by atoms with Crippen LogP contribution in [0.15, 0.2) is 34.3 Å². The molecule has 0 atom stereocenters. The Bertz CT molecular complexity index is 634. The zero-order valence-corrected chi connectivity index (χ0v) is 12.5. The number of aryl methyl sites for hydroxylation is 3. The number of aromatic nitrogens is 3. The molecule has 5 nitrogen and oxygen atoms in total. The average Bonchev–Trinajstić information content (AvgIpc) is 2.37. The number of hydrogen-bond donors (Lipinski definition) is 1. The van der Waals surface area contributed by atoms with Crippen LogP contribution < -0.4 is 11.3 Å². The van der Waals surface area contributed by atoms with Gasteiger partial charge in [0, 0.05) is 41.6 Å². The maximum Gasteiger partial charge on any atom is 0.250 e. The molecule has 0 fully saturated rings. The molecular weight excluding hydrogens is 272 g/mol. The highest BCUT2D eigenvalue weighted by Crippen LogP contribution is 2.15. The van der Waals surface area contributed by atoms with E-state index in [2.05, 4.69) is 9.97 Å². The Hall–Kier alpha value is -1.82. The van der Waals surface area contributed by atoms with Crippen LogP contribution in [-0.2, 0) is 6.54 Å². The molecule has 2 aromatic rings. The predicted octanol–water partition coefficient (Wildman–Crippen LogP) is 2.02. The van der Waals surface area contributed by atoms with Gasteiger partial charge < -0.3 is 10.3 Å². The van der Waals surface area contributed by atoms with E-state index in [9.17, 15) is 4.79 Å². The van der Waals surface area contributed by atoms with Gasteiger partial charge in [0.25, 0.3) is 5.56 Å². The summed E-state index contributed by atoms with van der Waals surface area (Å²) in [5, 5.41) is 0.794. The van der Waals surface area contributed by atoms with Gasteiger partial charge in [0.1, 0.15) is 0 Å². The first kappa shape index (κ1) is 14.6. The summed E-state index contributed by atoms with van der Waals surface area (Å²) in [4.78, 5) is 20.3. The highest BCUT2D eigenvalue weighted by molar-refractivity contribution is 7.99. The molecule has 2 aromatic heterocycles. The molecule has 106 valence electrons. The van der Waals surface area contributed by atoms with E-state index in [1.807, 2.05) is 19.9 Å². The van der Waals surface area contributed by atoms with Crippen LogP contribution >= 0.6 is 11.8 Å². The highest BCUT2D eigenvalue weighted by Gasteiger charge is 2.01. The minimum atomic E-state index is -0.0214. The van der Waals surface area contributed by atoms with Crippen molar-refractivity contribution >= 4 is 17.4 Å². The molecule has 20 heavy (non-hydrogen) atoms. The zero-order valence-electron chi connectivity index (χ0n) is 11.7. The summed E-state index contributed by atoms with van der Waals surface area (Å²) in [6.45, 7) is 4.58. The lowest BCUT2D eigenvalue weighted by atomic mass is 10.4. The fourth-order valence-electron chi connectivity index (χ4n) is 1.88. The fraction of sp³-hybridized carbons (Fsp3) is 0.357. The number of hydrogen-bond acceptors (Lipinski definition) is 5. The minimum Gasteiger partial charge on any atom is -0.398 e. The number of thioether (sulfide) groups is 1.